The molecule has 2 unspecified atom stereocenters. The topological polar surface area (TPSA) is 104 Å². The molecule has 0 spiro atoms. The van der Waals surface area contributed by atoms with Crippen LogP contribution in [0.15, 0.2) is 12.7 Å². The summed E-state index contributed by atoms with van der Waals surface area (Å²) in [6.07, 6.45) is 4.78. The van der Waals surface area contributed by atoms with Gasteiger partial charge in [0, 0.05) is 5.92 Å². The second kappa shape index (κ2) is 5.34. The number of rotatable bonds is 6. The second-order valence-corrected chi connectivity index (χ2v) is 8.29. The minimum atomic E-state index is -3.62. The van der Waals surface area contributed by atoms with Gasteiger partial charge in [-0.05, 0) is 38.6 Å². The van der Waals surface area contributed by atoms with Crippen LogP contribution in [0.4, 0.5) is 0 Å². The summed E-state index contributed by atoms with van der Waals surface area (Å²) in [5, 5.41) is 5.34. The summed E-state index contributed by atoms with van der Waals surface area (Å²) in [6.45, 7) is 4.43. The molecule has 1 aliphatic heterocycles. The predicted molar refractivity (Wildman–Crippen MR) is 80.3 cm³/mol. The van der Waals surface area contributed by atoms with Crippen LogP contribution < -0.4 is 15.4 Å². The van der Waals surface area contributed by atoms with Crippen molar-refractivity contribution in [3.8, 4) is 0 Å². The maximum Gasteiger partial charge on any atom is 0.259 e. The lowest BCUT2D eigenvalue weighted by Gasteiger charge is -2.21. The fourth-order valence-corrected chi connectivity index (χ4v) is 4.30. The Hall–Kier alpha value is -1.41. The van der Waals surface area contributed by atoms with Gasteiger partial charge in [0.2, 0.25) is 15.9 Å². The second-order valence-electron chi connectivity index (χ2n) is 6.33. The fourth-order valence-electron chi connectivity index (χ4n) is 2.93. The summed E-state index contributed by atoms with van der Waals surface area (Å²) < 4.78 is 26.0. The molecule has 2 amide bonds. The van der Waals surface area contributed by atoms with Crippen LogP contribution in [0.3, 0.4) is 0 Å². The zero-order valence-corrected chi connectivity index (χ0v) is 13.1. The molecule has 122 valence electrons. The third kappa shape index (κ3) is 2.77. The molecule has 3 aliphatic rings. The Morgan fingerprint density at radius 2 is 2.00 bits per heavy atom. The molecule has 2 aliphatic carbocycles. The minimum Gasteiger partial charge on any atom is -0.340 e. The predicted octanol–water partition coefficient (Wildman–Crippen LogP) is -0.592. The van der Waals surface area contributed by atoms with E-state index in [1.54, 1.807) is 6.08 Å². The van der Waals surface area contributed by atoms with Gasteiger partial charge in [-0.3, -0.25) is 14.3 Å². The Morgan fingerprint density at radius 3 is 2.50 bits per heavy atom. The Bertz CT molecular complexity index is 608. The van der Waals surface area contributed by atoms with Crippen molar-refractivity contribution in [2.45, 2.75) is 48.9 Å². The number of sulfonamides is 1. The Kier molecular flexibility index (Phi) is 3.76. The van der Waals surface area contributed by atoms with Crippen molar-refractivity contribution in [2.75, 3.05) is 6.54 Å². The quantitative estimate of drug-likeness (QED) is 0.566. The molecule has 0 radical (unpaired) electrons. The lowest BCUT2D eigenvalue weighted by molar-refractivity contribution is -0.130. The minimum absolute atomic E-state index is 0.229. The van der Waals surface area contributed by atoms with E-state index in [0.717, 1.165) is 19.4 Å². The Labute approximate surface area is 130 Å². The Morgan fingerprint density at radius 1 is 1.27 bits per heavy atom. The van der Waals surface area contributed by atoms with E-state index in [-0.39, 0.29) is 17.9 Å². The van der Waals surface area contributed by atoms with Gasteiger partial charge in [-0.2, -0.15) is 0 Å². The van der Waals surface area contributed by atoms with E-state index >= 15 is 0 Å². The first kappa shape index (κ1) is 15.5. The molecule has 0 aromatic heterocycles. The standard InChI is InChI=1S/C14H21N3O4S/c1-2-9-8-14(9,16-12(18)11-4-3-7-15-11)13(19)17-22(20,21)10-5-6-10/h2,9-11,15H,1,3-8H2,(H,16,18)(H,17,19)/t9?,11-,14?/m0/s1. The van der Waals surface area contributed by atoms with Crippen LogP contribution >= 0.6 is 0 Å². The monoisotopic (exact) mass is 327 g/mol. The number of hydrogen-bond acceptors (Lipinski definition) is 5. The van der Waals surface area contributed by atoms with Gasteiger partial charge in [0.05, 0.1) is 11.3 Å². The van der Waals surface area contributed by atoms with Gasteiger partial charge in [-0.25, -0.2) is 8.42 Å². The van der Waals surface area contributed by atoms with Crippen molar-refractivity contribution >= 4 is 21.8 Å². The largest absolute Gasteiger partial charge is 0.340 e. The summed E-state index contributed by atoms with van der Waals surface area (Å²) in [5.74, 6) is -1.12. The molecular weight excluding hydrogens is 306 g/mol. The van der Waals surface area contributed by atoms with E-state index in [2.05, 4.69) is 21.9 Å². The molecule has 3 fully saturated rings. The summed E-state index contributed by atoms with van der Waals surface area (Å²) >= 11 is 0. The highest BCUT2D eigenvalue weighted by molar-refractivity contribution is 7.90. The molecule has 0 aromatic carbocycles. The van der Waals surface area contributed by atoms with E-state index in [4.69, 9.17) is 0 Å². The SMILES string of the molecule is C=CC1CC1(NC(=O)[C@@H]1CCCN1)C(=O)NS(=O)(=O)C1CC1. The van der Waals surface area contributed by atoms with Crippen LogP contribution in [0.1, 0.15) is 32.1 Å². The molecular formula is C14H21N3O4S. The van der Waals surface area contributed by atoms with Crippen molar-refractivity contribution in [1.82, 2.24) is 15.4 Å². The highest BCUT2D eigenvalue weighted by Crippen LogP contribution is 2.45. The summed E-state index contributed by atoms with van der Waals surface area (Å²) in [5.41, 5.74) is -1.16. The number of carbonyl (C=O) groups excluding carboxylic acids is 2. The first-order valence-electron chi connectivity index (χ1n) is 7.63. The molecule has 3 atom stereocenters. The van der Waals surface area contributed by atoms with Gasteiger partial charge >= 0.3 is 0 Å². The van der Waals surface area contributed by atoms with E-state index in [9.17, 15) is 18.0 Å². The van der Waals surface area contributed by atoms with Crippen molar-refractivity contribution in [2.24, 2.45) is 5.92 Å². The average molecular weight is 327 g/mol. The van der Waals surface area contributed by atoms with Crippen LogP contribution in [0, 0.1) is 5.92 Å². The molecule has 3 rings (SSSR count). The lowest BCUT2D eigenvalue weighted by Crippen LogP contribution is -2.55. The molecule has 1 heterocycles. The van der Waals surface area contributed by atoms with Crippen molar-refractivity contribution in [3.63, 3.8) is 0 Å². The molecule has 7 nitrogen and oxygen atoms in total. The zero-order chi connectivity index (χ0) is 16.0. The summed E-state index contributed by atoms with van der Waals surface area (Å²) in [4.78, 5) is 24.7. The van der Waals surface area contributed by atoms with Crippen LogP contribution in [0.5, 0.6) is 0 Å². The third-order valence-corrected chi connectivity index (χ3v) is 6.44. The van der Waals surface area contributed by atoms with E-state index in [1.807, 2.05) is 0 Å². The average Bonchev–Trinajstić information content (AvgIpc) is 3.36. The zero-order valence-electron chi connectivity index (χ0n) is 12.3. The van der Waals surface area contributed by atoms with Gasteiger partial charge in [0.15, 0.2) is 0 Å². The smallest absolute Gasteiger partial charge is 0.259 e. The van der Waals surface area contributed by atoms with Crippen LogP contribution in [0.25, 0.3) is 0 Å². The van der Waals surface area contributed by atoms with E-state index in [0.29, 0.717) is 19.3 Å². The van der Waals surface area contributed by atoms with Gasteiger partial charge in [0.1, 0.15) is 5.54 Å². The van der Waals surface area contributed by atoms with Gasteiger partial charge in [0.25, 0.3) is 5.91 Å². The number of hydrogen-bond donors (Lipinski definition) is 3. The van der Waals surface area contributed by atoms with Gasteiger partial charge < -0.3 is 10.6 Å². The molecule has 0 aromatic rings. The van der Waals surface area contributed by atoms with Crippen LogP contribution in [-0.2, 0) is 19.6 Å². The summed E-state index contributed by atoms with van der Waals surface area (Å²) in [7, 11) is -3.62. The van der Waals surface area contributed by atoms with Gasteiger partial charge in [-0.15, -0.1) is 6.58 Å². The van der Waals surface area contributed by atoms with Gasteiger partial charge in [-0.1, -0.05) is 6.08 Å². The molecule has 2 saturated carbocycles. The molecule has 22 heavy (non-hydrogen) atoms. The molecule has 1 saturated heterocycles. The normalized spacial score (nSPS) is 34.0. The maximum atomic E-state index is 12.4. The van der Waals surface area contributed by atoms with Crippen molar-refractivity contribution in [1.29, 1.82) is 0 Å². The first-order valence-corrected chi connectivity index (χ1v) is 9.18. The third-order valence-electron chi connectivity index (χ3n) is 4.63. The highest BCUT2D eigenvalue weighted by atomic mass is 32.2. The Balaban J connectivity index is 1.69. The molecule has 3 N–H and O–H groups in total. The number of carbonyl (C=O) groups is 2. The highest BCUT2D eigenvalue weighted by Gasteiger charge is 2.61. The molecule has 0 bridgehead atoms. The number of amides is 2. The van der Waals surface area contributed by atoms with E-state index < -0.39 is 26.7 Å². The lowest BCUT2D eigenvalue weighted by atomic mass is 10.1. The van der Waals surface area contributed by atoms with Crippen molar-refractivity contribution in [3.05, 3.63) is 12.7 Å². The first-order chi connectivity index (χ1) is 10.4. The van der Waals surface area contributed by atoms with Crippen LogP contribution in [-0.4, -0.2) is 43.6 Å². The van der Waals surface area contributed by atoms with E-state index in [1.165, 1.54) is 0 Å². The maximum absolute atomic E-state index is 12.4. The molecule has 8 heteroatoms. The van der Waals surface area contributed by atoms with Crippen molar-refractivity contribution < 1.29 is 18.0 Å². The fraction of sp³-hybridized carbons (Fsp3) is 0.714. The number of nitrogens with one attached hydrogen (secondary N) is 3. The van der Waals surface area contributed by atoms with Crippen LogP contribution in [0.2, 0.25) is 0 Å². The summed E-state index contributed by atoms with van der Waals surface area (Å²) in [6, 6.07) is -0.309.